The number of fused-ring (bicyclic) bond motifs is 3. The number of rotatable bonds is 0. The molecule has 0 aromatic carbocycles. The lowest BCUT2D eigenvalue weighted by Crippen LogP contribution is -2.53. The first kappa shape index (κ1) is 5.69. The summed E-state index contributed by atoms with van der Waals surface area (Å²) in [7, 11) is 2.20. The quantitative estimate of drug-likeness (QED) is 0.468. The van der Waals surface area contributed by atoms with Crippen molar-refractivity contribution >= 4 is 0 Å². The van der Waals surface area contributed by atoms with E-state index in [0.29, 0.717) is 0 Å². The van der Waals surface area contributed by atoms with E-state index < -0.39 is 0 Å². The Morgan fingerprint density at radius 1 is 1.22 bits per heavy atom. The summed E-state index contributed by atoms with van der Waals surface area (Å²) in [4.78, 5) is 0. The fourth-order valence-corrected chi connectivity index (χ4v) is 1.93. The highest BCUT2D eigenvalue weighted by Gasteiger charge is 2.28. The Hall–Kier alpha value is -0.0800. The zero-order valence-corrected chi connectivity index (χ0v) is 6.01. The molecule has 0 radical (unpaired) electrons. The summed E-state index contributed by atoms with van der Waals surface area (Å²) in [5.41, 5.74) is 0. The number of hydrazine groups is 1. The van der Waals surface area contributed by atoms with Crippen molar-refractivity contribution in [3.05, 3.63) is 0 Å². The van der Waals surface area contributed by atoms with Crippen LogP contribution in [-0.4, -0.2) is 36.7 Å². The SMILES string of the molecule is CN1CC2CCN1CC2. The number of hydrogen-bond acceptors (Lipinski definition) is 2. The molecule has 3 saturated heterocycles. The summed E-state index contributed by atoms with van der Waals surface area (Å²) in [5, 5.41) is 4.83. The normalized spacial score (nSPS) is 43.7. The fraction of sp³-hybridized carbons (Fsp3) is 1.00. The van der Waals surface area contributed by atoms with Crippen LogP contribution in [0.1, 0.15) is 12.8 Å². The summed E-state index contributed by atoms with van der Waals surface area (Å²) in [6, 6.07) is 0. The molecule has 0 N–H and O–H groups in total. The minimum Gasteiger partial charge on any atom is -0.245 e. The van der Waals surface area contributed by atoms with Gasteiger partial charge in [-0.3, -0.25) is 0 Å². The topological polar surface area (TPSA) is 6.48 Å². The molecular formula is C7H14N2. The highest BCUT2D eigenvalue weighted by Crippen LogP contribution is 2.24. The smallest absolute Gasteiger partial charge is 0.0159 e. The van der Waals surface area contributed by atoms with E-state index in [-0.39, 0.29) is 0 Å². The van der Waals surface area contributed by atoms with Gasteiger partial charge in [-0.15, -0.1) is 0 Å². The molecule has 0 aliphatic carbocycles. The van der Waals surface area contributed by atoms with Crippen molar-refractivity contribution in [1.82, 2.24) is 10.0 Å². The Bertz CT molecular complexity index is 105. The molecule has 3 aliphatic heterocycles. The van der Waals surface area contributed by atoms with E-state index in [1.54, 1.807) is 0 Å². The Labute approximate surface area is 56.4 Å². The van der Waals surface area contributed by atoms with Crippen LogP contribution < -0.4 is 0 Å². The predicted octanol–water partition coefficient (Wildman–Crippen LogP) is 0.559. The van der Waals surface area contributed by atoms with E-state index in [2.05, 4.69) is 17.1 Å². The first-order valence-corrected chi connectivity index (χ1v) is 3.82. The van der Waals surface area contributed by atoms with E-state index in [0.717, 1.165) is 5.92 Å². The second-order valence-corrected chi connectivity index (χ2v) is 3.24. The second-order valence-electron chi connectivity index (χ2n) is 3.24. The highest BCUT2D eigenvalue weighted by atomic mass is 15.6. The third-order valence-electron chi connectivity index (χ3n) is 2.60. The standard InChI is InChI=1S/C7H14N2/c1-8-6-7-2-4-9(8)5-3-7/h7H,2-6H2,1H3. The van der Waals surface area contributed by atoms with Crippen LogP contribution in [0.15, 0.2) is 0 Å². The van der Waals surface area contributed by atoms with Crippen LogP contribution in [0.4, 0.5) is 0 Å². The molecule has 0 atom stereocenters. The summed E-state index contributed by atoms with van der Waals surface area (Å²) in [6.45, 7) is 3.92. The van der Waals surface area contributed by atoms with Gasteiger partial charge in [-0.1, -0.05) is 0 Å². The maximum absolute atomic E-state index is 2.46. The summed E-state index contributed by atoms with van der Waals surface area (Å²) in [5.74, 6) is 1.01. The van der Waals surface area contributed by atoms with E-state index in [9.17, 15) is 0 Å². The summed E-state index contributed by atoms with van der Waals surface area (Å²) >= 11 is 0. The lowest BCUT2D eigenvalue weighted by molar-refractivity contribution is -0.0909. The minimum atomic E-state index is 1.01. The highest BCUT2D eigenvalue weighted by molar-refractivity contribution is 4.77. The van der Waals surface area contributed by atoms with Crippen LogP contribution in [0.3, 0.4) is 0 Å². The molecular weight excluding hydrogens is 112 g/mol. The number of hydrogen-bond donors (Lipinski definition) is 0. The van der Waals surface area contributed by atoms with Crippen LogP contribution in [-0.2, 0) is 0 Å². The zero-order chi connectivity index (χ0) is 6.27. The maximum Gasteiger partial charge on any atom is 0.0159 e. The van der Waals surface area contributed by atoms with E-state index in [1.165, 1.54) is 32.5 Å². The van der Waals surface area contributed by atoms with Crippen LogP contribution in [0.5, 0.6) is 0 Å². The van der Waals surface area contributed by atoms with Crippen molar-refractivity contribution in [1.29, 1.82) is 0 Å². The van der Waals surface area contributed by atoms with Crippen molar-refractivity contribution < 1.29 is 0 Å². The molecule has 9 heavy (non-hydrogen) atoms. The predicted molar refractivity (Wildman–Crippen MR) is 36.9 cm³/mol. The largest absolute Gasteiger partial charge is 0.245 e. The van der Waals surface area contributed by atoms with Gasteiger partial charge in [0, 0.05) is 26.7 Å². The first-order valence-electron chi connectivity index (χ1n) is 3.82. The van der Waals surface area contributed by atoms with Crippen molar-refractivity contribution in [2.45, 2.75) is 12.8 Å². The van der Waals surface area contributed by atoms with Crippen molar-refractivity contribution in [3.8, 4) is 0 Å². The lowest BCUT2D eigenvalue weighted by Gasteiger charge is -2.45. The number of nitrogens with zero attached hydrogens (tertiary/aromatic N) is 2. The lowest BCUT2D eigenvalue weighted by atomic mass is 9.95. The van der Waals surface area contributed by atoms with Crippen LogP contribution in [0.25, 0.3) is 0 Å². The second kappa shape index (κ2) is 1.96. The number of piperidine rings is 1. The first-order chi connectivity index (χ1) is 4.36. The van der Waals surface area contributed by atoms with Gasteiger partial charge in [0.1, 0.15) is 0 Å². The van der Waals surface area contributed by atoms with Gasteiger partial charge in [0.15, 0.2) is 0 Å². The minimum absolute atomic E-state index is 1.01. The molecule has 2 heteroatoms. The average Bonchev–Trinajstić information content (AvgIpc) is 1.90. The summed E-state index contributed by atoms with van der Waals surface area (Å²) in [6.07, 6.45) is 2.87. The molecule has 0 amide bonds. The van der Waals surface area contributed by atoms with Crippen molar-refractivity contribution in [3.63, 3.8) is 0 Å². The average molecular weight is 126 g/mol. The molecule has 3 fully saturated rings. The van der Waals surface area contributed by atoms with Gasteiger partial charge in [-0.05, 0) is 18.8 Å². The van der Waals surface area contributed by atoms with E-state index in [4.69, 9.17) is 0 Å². The molecule has 3 rings (SSSR count). The monoisotopic (exact) mass is 126 g/mol. The maximum atomic E-state index is 2.46. The Balaban J connectivity index is 2.06. The zero-order valence-electron chi connectivity index (χ0n) is 6.01. The van der Waals surface area contributed by atoms with E-state index in [1.807, 2.05) is 0 Å². The molecule has 3 aliphatic rings. The van der Waals surface area contributed by atoms with Gasteiger partial charge >= 0.3 is 0 Å². The Morgan fingerprint density at radius 3 is 2.11 bits per heavy atom. The van der Waals surface area contributed by atoms with Gasteiger partial charge in [-0.25, -0.2) is 10.0 Å². The Kier molecular flexibility index (Phi) is 1.24. The molecule has 52 valence electrons. The molecule has 0 aromatic heterocycles. The third kappa shape index (κ3) is 0.864. The summed E-state index contributed by atoms with van der Waals surface area (Å²) < 4.78 is 0. The van der Waals surface area contributed by atoms with Crippen molar-refractivity contribution in [2.24, 2.45) is 5.92 Å². The molecule has 0 aromatic rings. The molecule has 2 nitrogen and oxygen atoms in total. The molecule has 3 heterocycles. The van der Waals surface area contributed by atoms with Crippen LogP contribution in [0, 0.1) is 5.92 Å². The van der Waals surface area contributed by atoms with Gasteiger partial charge in [-0.2, -0.15) is 0 Å². The Morgan fingerprint density at radius 2 is 1.89 bits per heavy atom. The van der Waals surface area contributed by atoms with Gasteiger partial charge in [0.05, 0.1) is 0 Å². The molecule has 2 bridgehead atoms. The van der Waals surface area contributed by atoms with E-state index >= 15 is 0 Å². The molecule has 0 saturated carbocycles. The van der Waals surface area contributed by atoms with Gasteiger partial charge in [0.25, 0.3) is 0 Å². The fourth-order valence-electron chi connectivity index (χ4n) is 1.93. The van der Waals surface area contributed by atoms with Crippen LogP contribution in [0.2, 0.25) is 0 Å². The van der Waals surface area contributed by atoms with Gasteiger partial charge in [0.2, 0.25) is 0 Å². The van der Waals surface area contributed by atoms with Crippen LogP contribution >= 0.6 is 0 Å². The van der Waals surface area contributed by atoms with Crippen molar-refractivity contribution in [2.75, 3.05) is 26.7 Å². The third-order valence-corrected chi connectivity index (χ3v) is 2.60. The van der Waals surface area contributed by atoms with Gasteiger partial charge < -0.3 is 0 Å². The molecule has 0 unspecified atom stereocenters. The molecule has 0 spiro atoms.